The molecule has 5 nitrogen and oxygen atoms in total. The van der Waals surface area contributed by atoms with E-state index in [4.69, 9.17) is 4.74 Å². The molecule has 0 radical (unpaired) electrons. The molecule has 6 heteroatoms. The van der Waals surface area contributed by atoms with Crippen LogP contribution in [0.15, 0.2) is 23.1 Å². The summed E-state index contributed by atoms with van der Waals surface area (Å²) in [6.07, 6.45) is 4.43. The molecule has 128 valence electrons. The normalized spacial score (nSPS) is 19.7. The van der Waals surface area contributed by atoms with Crippen LogP contribution in [-0.2, 0) is 27.6 Å². The van der Waals surface area contributed by atoms with Crippen LogP contribution in [0.2, 0.25) is 0 Å². The maximum atomic E-state index is 12.8. The molecule has 0 spiro atoms. The quantitative estimate of drug-likeness (QED) is 0.817. The molecule has 1 aromatic rings. The molecule has 1 aromatic carbocycles. The van der Waals surface area contributed by atoms with Crippen LogP contribution in [0.3, 0.4) is 0 Å². The Hall–Kier alpha value is -0.950. The molecule has 2 aliphatic rings. The van der Waals surface area contributed by atoms with Crippen molar-refractivity contribution in [3.05, 3.63) is 29.3 Å². The second kappa shape index (κ2) is 7.30. The lowest BCUT2D eigenvalue weighted by Crippen LogP contribution is -2.41. The highest BCUT2D eigenvalue weighted by atomic mass is 32.2. The second-order valence-corrected chi connectivity index (χ2v) is 8.46. The zero-order valence-corrected chi connectivity index (χ0v) is 14.6. The SMILES string of the molecule is CN(CCN1CCOCC1)S(=O)(=O)c1ccc2c(c1)CCCC2. The number of ether oxygens (including phenoxy) is 1. The highest BCUT2D eigenvalue weighted by Crippen LogP contribution is 2.25. The van der Waals surface area contributed by atoms with Crippen molar-refractivity contribution in [1.82, 2.24) is 9.21 Å². The van der Waals surface area contributed by atoms with Crippen LogP contribution in [0.25, 0.3) is 0 Å². The lowest BCUT2D eigenvalue weighted by atomic mass is 9.92. The average Bonchev–Trinajstić information content (AvgIpc) is 2.60. The summed E-state index contributed by atoms with van der Waals surface area (Å²) in [5.41, 5.74) is 2.52. The summed E-state index contributed by atoms with van der Waals surface area (Å²) in [7, 11) is -1.72. The van der Waals surface area contributed by atoms with E-state index in [9.17, 15) is 8.42 Å². The Morgan fingerprint density at radius 3 is 2.57 bits per heavy atom. The van der Waals surface area contributed by atoms with Crippen molar-refractivity contribution < 1.29 is 13.2 Å². The fourth-order valence-corrected chi connectivity index (χ4v) is 4.49. The van der Waals surface area contributed by atoms with Gasteiger partial charge in [0.05, 0.1) is 18.1 Å². The monoisotopic (exact) mass is 338 g/mol. The van der Waals surface area contributed by atoms with Gasteiger partial charge in [0.1, 0.15) is 0 Å². The summed E-state index contributed by atoms with van der Waals surface area (Å²) in [6.45, 7) is 4.51. The summed E-state index contributed by atoms with van der Waals surface area (Å²) < 4.78 is 32.3. The zero-order chi connectivity index (χ0) is 16.3. The van der Waals surface area contributed by atoms with E-state index in [0.29, 0.717) is 11.4 Å². The van der Waals surface area contributed by atoms with Gasteiger partial charge in [-0.3, -0.25) is 4.90 Å². The maximum Gasteiger partial charge on any atom is 0.242 e. The molecular formula is C17H26N2O3S. The number of morpholine rings is 1. The minimum atomic E-state index is -3.40. The average molecular weight is 338 g/mol. The van der Waals surface area contributed by atoms with Crippen LogP contribution in [0.4, 0.5) is 0 Å². The van der Waals surface area contributed by atoms with Gasteiger partial charge in [0, 0.05) is 33.2 Å². The van der Waals surface area contributed by atoms with Gasteiger partial charge >= 0.3 is 0 Å². The number of aryl methyl sites for hydroxylation is 2. The molecule has 0 bridgehead atoms. The van der Waals surface area contributed by atoms with E-state index < -0.39 is 10.0 Å². The summed E-state index contributed by atoms with van der Waals surface area (Å²) in [5.74, 6) is 0. The minimum absolute atomic E-state index is 0.433. The summed E-state index contributed by atoms with van der Waals surface area (Å²) in [5, 5.41) is 0. The third-order valence-corrected chi connectivity index (χ3v) is 6.72. The maximum absolute atomic E-state index is 12.8. The van der Waals surface area contributed by atoms with Crippen LogP contribution in [0.1, 0.15) is 24.0 Å². The molecule has 1 saturated heterocycles. The van der Waals surface area contributed by atoms with Gasteiger partial charge in [-0.25, -0.2) is 8.42 Å². The van der Waals surface area contributed by atoms with Gasteiger partial charge in [-0.2, -0.15) is 4.31 Å². The van der Waals surface area contributed by atoms with Crippen LogP contribution in [0, 0.1) is 0 Å². The Morgan fingerprint density at radius 1 is 1.13 bits per heavy atom. The summed E-state index contributed by atoms with van der Waals surface area (Å²) in [6, 6.07) is 5.65. The first-order valence-corrected chi connectivity index (χ1v) is 9.89. The Bertz CT molecular complexity index is 639. The zero-order valence-electron chi connectivity index (χ0n) is 13.8. The summed E-state index contributed by atoms with van der Waals surface area (Å²) in [4.78, 5) is 2.69. The van der Waals surface area contributed by atoms with Crippen LogP contribution >= 0.6 is 0 Å². The third kappa shape index (κ3) is 3.94. The number of rotatable bonds is 5. The molecule has 1 fully saturated rings. The Morgan fingerprint density at radius 2 is 1.83 bits per heavy atom. The van der Waals surface area contributed by atoms with E-state index in [-0.39, 0.29) is 0 Å². The topological polar surface area (TPSA) is 49.9 Å². The van der Waals surface area contributed by atoms with E-state index >= 15 is 0 Å². The number of benzene rings is 1. The smallest absolute Gasteiger partial charge is 0.242 e. The Balaban J connectivity index is 1.67. The van der Waals surface area contributed by atoms with Gasteiger partial charge in [-0.15, -0.1) is 0 Å². The van der Waals surface area contributed by atoms with Crippen molar-refractivity contribution in [2.24, 2.45) is 0 Å². The molecule has 0 unspecified atom stereocenters. The highest BCUT2D eigenvalue weighted by Gasteiger charge is 2.23. The predicted molar refractivity (Wildman–Crippen MR) is 90.2 cm³/mol. The molecular weight excluding hydrogens is 312 g/mol. The van der Waals surface area contributed by atoms with Crippen molar-refractivity contribution in [3.8, 4) is 0 Å². The second-order valence-electron chi connectivity index (χ2n) is 6.42. The first-order valence-electron chi connectivity index (χ1n) is 8.45. The summed E-state index contributed by atoms with van der Waals surface area (Å²) >= 11 is 0. The molecule has 1 aliphatic carbocycles. The molecule has 0 N–H and O–H groups in total. The largest absolute Gasteiger partial charge is 0.379 e. The third-order valence-electron chi connectivity index (χ3n) is 4.86. The van der Waals surface area contributed by atoms with Crippen LogP contribution < -0.4 is 0 Å². The predicted octanol–water partition coefficient (Wildman–Crippen LogP) is 1.52. The van der Waals surface area contributed by atoms with Gasteiger partial charge in [0.15, 0.2) is 0 Å². The molecule has 23 heavy (non-hydrogen) atoms. The standard InChI is InChI=1S/C17H26N2O3S/c1-18(8-9-19-10-12-22-13-11-19)23(20,21)17-7-6-15-4-2-3-5-16(15)14-17/h6-7,14H,2-5,8-13H2,1H3. The van der Waals surface area contributed by atoms with Crippen molar-refractivity contribution in [3.63, 3.8) is 0 Å². The fourth-order valence-electron chi connectivity index (χ4n) is 3.28. The molecule has 1 aliphatic heterocycles. The first-order chi connectivity index (χ1) is 11.1. The fraction of sp³-hybridized carbons (Fsp3) is 0.647. The van der Waals surface area contributed by atoms with Gasteiger partial charge in [-0.1, -0.05) is 6.07 Å². The Labute approximate surface area is 139 Å². The number of sulfonamides is 1. The molecule has 1 heterocycles. The van der Waals surface area contributed by atoms with Crippen molar-refractivity contribution in [2.75, 3.05) is 46.4 Å². The number of nitrogens with zero attached hydrogens (tertiary/aromatic N) is 2. The minimum Gasteiger partial charge on any atom is -0.379 e. The lowest BCUT2D eigenvalue weighted by molar-refractivity contribution is 0.0368. The van der Waals surface area contributed by atoms with Crippen molar-refractivity contribution in [2.45, 2.75) is 30.6 Å². The van der Waals surface area contributed by atoms with E-state index in [1.54, 1.807) is 13.1 Å². The van der Waals surface area contributed by atoms with E-state index in [1.165, 1.54) is 21.9 Å². The number of hydrogen-bond donors (Lipinski definition) is 0. The Kier molecular flexibility index (Phi) is 5.36. The number of likely N-dealkylation sites (N-methyl/N-ethyl adjacent to an activating group) is 1. The lowest BCUT2D eigenvalue weighted by Gasteiger charge is -2.28. The van der Waals surface area contributed by atoms with Gasteiger partial charge in [0.25, 0.3) is 0 Å². The van der Waals surface area contributed by atoms with Crippen molar-refractivity contribution >= 4 is 10.0 Å². The molecule has 0 saturated carbocycles. The number of hydrogen-bond acceptors (Lipinski definition) is 4. The van der Waals surface area contributed by atoms with Crippen LogP contribution in [-0.4, -0.2) is 64.1 Å². The van der Waals surface area contributed by atoms with E-state index in [1.807, 2.05) is 12.1 Å². The van der Waals surface area contributed by atoms with Gasteiger partial charge < -0.3 is 4.74 Å². The molecule has 0 amide bonds. The molecule has 0 atom stereocenters. The van der Waals surface area contributed by atoms with Gasteiger partial charge in [0.2, 0.25) is 10.0 Å². The highest BCUT2D eigenvalue weighted by molar-refractivity contribution is 7.89. The van der Waals surface area contributed by atoms with Crippen LogP contribution in [0.5, 0.6) is 0 Å². The van der Waals surface area contributed by atoms with E-state index in [2.05, 4.69) is 4.90 Å². The van der Waals surface area contributed by atoms with E-state index in [0.717, 1.165) is 52.1 Å². The number of fused-ring (bicyclic) bond motifs is 1. The first kappa shape index (κ1) is 16.9. The van der Waals surface area contributed by atoms with Crippen molar-refractivity contribution in [1.29, 1.82) is 0 Å². The molecule has 3 rings (SSSR count). The van der Waals surface area contributed by atoms with Gasteiger partial charge in [-0.05, 0) is 48.9 Å². The molecule has 0 aromatic heterocycles.